The Balaban J connectivity index is 1.96. The smallest absolute Gasteiger partial charge is 0.251 e. The first-order valence-electron chi connectivity index (χ1n) is 8.62. The predicted octanol–water partition coefficient (Wildman–Crippen LogP) is 5.39. The first-order chi connectivity index (χ1) is 12.6. The van der Waals surface area contributed by atoms with Gasteiger partial charge in [-0.25, -0.2) is 8.78 Å². The number of nitrogens with one attached hydrogen (secondary N) is 2. The standard InChI is InChI=1S/C21H20F2N2O/c1-2-3-12-24-21(26)17-9-11-19(16-7-5-4-6-15(16)17)25-20-10-8-14(22)13-18(20)23/h4-11,13,25H,2-3,12H2,1H3,(H,24,26). The predicted molar refractivity (Wildman–Crippen MR) is 101 cm³/mol. The highest BCUT2D eigenvalue weighted by Gasteiger charge is 2.13. The van der Waals surface area contributed by atoms with Gasteiger partial charge in [0.2, 0.25) is 0 Å². The number of unbranched alkanes of at least 4 members (excludes halogenated alkanes) is 1. The summed E-state index contributed by atoms with van der Waals surface area (Å²) in [6, 6.07) is 14.3. The van der Waals surface area contributed by atoms with E-state index in [9.17, 15) is 13.6 Å². The molecule has 0 saturated heterocycles. The number of benzene rings is 3. The second-order valence-corrected chi connectivity index (χ2v) is 6.06. The van der Waals surface area contributed by atoms with Crippen molar-refractivity contribution in [2.75, 3.05) is 11.9 Å². The molecule has 0 atom stereocenters. The number of fused-ring (bicyclic) bond motifs is 1. The third-order valence-corrected chi connectivity index (χ3v) is 4.19. The fourth-order valence-electron chi connectivity index (χ4n) is 2.82. The van der Waals surface area contributed by atoms with Crippen LogP contribution in [-0.2, 0) is 0 Å². The van der Waals surface area contributed by atoms with Crippen molar-refractivity contribution in [2.45, 2.75) is 19.8 Å². The SMILES string of the molecule is CCCCNC(=O)c1ccc(Nc2ccc(F)cc2F)c2ccccc12. The van der Waals surface area contributed by atoms with Gasteiger partial charge in [0, 0.05) is 29.2 Å². The van der Waals surface area contributed by atoms with Crippen LogP contribution >= 0.6 is 0 Å². The summed E-state index contributed by atoms with van der Waals surface area (Å²) in [5.41, 5.74) is 1.40. The van der Waals surface area contributed by atoms with Crippen molar-refractivity contribution in [3.63, 3.8) is 0 Å². The average molecular weight is 354 g/mol. The minimum atomic E-state index is -0.671. The molecule has 3 aromatic carbocycles. The summed E-state index contributed by atoms with van der Waals surface area (Å²) in [4.78, 5) is 12.5. The van der Waals surface area contributed by atoms with Gasteiger partial charge in [0.05, 0.1) is 5.69 Å². The Morgan fingerprint density at radius 1 is 0.962 bits per heavy atom. The summed E-state index contributed by atoms with van der Waals surface area (Å²) in [6.45, 7) is 2.70. The van der Waals surface area contributed by atoms with Crippen molar-refractivity contribution in [3.8, 4) is 0 Å². The van der Waals surface area contributed by atoms with Crippen LogP contribution in [0.25, 0.3) is 10.8 Å². The number of rotatable bonds is 6. The number of carbonyl (C=O) groups is 1. The monoisotopic (exact) mass is 354 g/mol. The van der Waals surface area contributed by atoms with Gasteiger partial charge in [-0.3, -0.25) is 4.79 Å². The Kier molecular flexibility index (Phi) is 5.46. The number of hydrogen-bond acceptors (Lipinski definition) is 2. The van der Waals surface area contributed by atoms with E-state index in [1.807, 2.05) is 24.3 Å². The first-order valence-corrected chi connectivity index (χ1v) is 8.62. The lowest BCUT2D eigenvalue weighted by atomic mass is 10.0. The molecule has 0 spiro atoms. The molecule has 26 heavy (non-hydrogen) atoms. The van der Waals surface area contributed by atoms with Crippen LogP contribution in [0.4, 0.5) is 20.2 Å². The Morgan fingerprint density at radius 3 is 2.42 bits per heavy atom. The van der Waals surface area contributed by atoms with Crippen LogP contribution < -0.4 is 10.6 Å². The number of anilines is 2. The first kappa shape index (κ1) is 17.9. The van der Waals surface area contributed by atoms with Crippen LogP contribution in [0.5, 0.6) is 0 Å². The van der Waals surface area contributed by atoms with E-state index >= 15 is 0 Å². The van der Waals surface area contributed by atoms with E-state index in [1.165, 1.54) is 12.1 Å². The summed E-state index contributed by atoms with van der Waals surface area (Å²) in [5.74, 6) is -1.43. The molecule has 0 fully saturated rings. The Labute approximate surface area is 151 Å². The van der Waals surface area contributed by atoms with E-state index in [1.54, 1.807) is 12.1 Å². The van der Waals surface area contributed by atoms with Crippen molar-refractivity contribution in [1.29, 1.82) is 0 Å². The molecular formula is C21H20F2N2O. The van der Waals surface area contributed by atoms with Gasteiger partial charge in [0.15, 0.2) is 0 Å². The Morgan fingerprint density at radius 2 is 1.69 bits per heavy atom. The van der Waals surface area contributed by atoms with Crippen molar-refractivity contribution in [3.05, 3.63) is 71.8 Å². The zero-order valence-electron chi connectivity index (χ0n) is 14.5. The summed E-state index contributed by atoms with van der Waals surface area (Å²) in [5, 5.41) is 7.47. The van der Waals surface area contributed by atoms with Crippen LogP contribution in [0.2, 0.25) is 0 Å². The molecule has 0 unspecified atom stereocenters. The van der Waals surface area contributed by atoms with E-state index in [0.29, 0.717) is 17.8 Å². The quantitative estimate of drug-likeness (QED) is 0.583. The molecule has 134 valence electrons. The summed E-state index contributed by atoms with van der Waals surface area (Å²) in [7, 11) is 0. The van der Waals surface area contributed by atoms with E-state index in [0.717, 1.165) is 29.7 Å². The Bertz CT molecular complexity index is 940. The molecule has 0 bridgehead atoms. The van der Waals surface area contributed by atoms with E-state index in [4.69, 9.17) is 0 Å². The molecule has 2 N–H and O–H groups in total. The largest absolute Gasteiger partial charge is 0.353 e. The lowest BCUT2D eigenvalue weighted by molar-refractivity contribution is 0.0955. The van der Waals surface area contributed by atoms with Gasteiger partial charge < -0.3 is 10.6 Å². The minimum Gasteiger partial charge on any atom is -0.353 e. The number of amides is 1. The number of hydrogen-bond donors (Lipinski definition) is 2. The molecule has 0 aromatic heterocycles. The highest BCUT2D eigenvalue weighted by molar-refractivity contribution is 6.10. The van der Waals surface area contributed by atoms with Gasteiger partial charge in [-0.15, -0.1) is 0 Å². The third-order valence-electron chi connectivity index (χ3n) is 4.19. The molecular weight excluding hydrogens is 334 g/mol. The van der Waals surface area contributed by atoms with Crippen molar-refractivity contribution in [1.82, 2.24) is 5.32 Å². The maximum atomic E-state index is 14.0. The van der Waals surface area contributed by atoms with Crippen LogP contribution in [-0.4, -0.2) is 12.5 Å². The molecule has 3 aromatic rings. The molecule has 5 heteroatoms. The van der Waals surface area contributed by atoms with Crippen molar-refractivity contribution in [2.24, 2.45) is 0 Å². The lowest BCUT2D eigenvalue weighted by Crippen LogP contribution is -2.24. The summed E-state index contributed by atoms with van der Waals surface area (Å²) >= 11 is 0. The van der Waals surface area contributed by atoms with Gasteiger partial charge in [0.1, 0.15) is 11.6 Å². The molecule has 0 saturated carbocycles. The van der Waals surface area contributed by atoms with Gasteiger partial charge in [-0.05, 0) is 36.1 Å². The molecule has 3 nitrogen and oxygen atoms in total. The molecule has 0 aliphatic heterocycles. The Hall–Kier alpha value is -2.95. The summed E-state index contributed by atoms with van der Waals surface area (Å²) in [6.07, 6.45) is 1.93. The molecule has 1 amide bonds. The summed E-state index contributed by atoms with van der Waals surface area (Å²) < 4.78 is 27.0. The maximum Gasteiger partial charge on any atom is 0.251 e. The number of carbonyl (C=O) groups excluding carboxylic acids is 1. The molecule has 0 heterocycles. The molecule has 0 aliphatic carbocycles. The maximum absolute atomic E-state index is 14.0. The second-order valence-electron chi connectivity index (χ2n) is 6.06. The highest BCUT2D eigenvalue weighted by Crippen LogP contribution is 2.30. The molecule has 3 rings (SSSR count). The topological polar surface area (TPSA) is 41.1 Å². The van der Waals surface area contributed by atoms with E-state index in [2.05, 4.69) is 17.6 Å². The third kappa shape index (κ3) is 3.82. The molecule has 0 radical (unpaired) electrons. The van der Waals surface area contributed by atoms with Crippen molar-refractivity contribution >= 4 is 28.1 Å². The van der Waals surface area contributed by atoms with Crippen LogP contribution in [0, 0.1) is 11.6 Å². The van der Waals surface area contributed by atoms with E-state index in [-0.39, 0.29) is 11.6 Å². The van der Waals surface area contributed by atoms with Gasteiger partial charge in [-0.1, -0.05) is 37.6 Å². The van der Waals surface area contributed by atoms with Gasteiger partial charge >= 0.3 is 0 Å². The fraction of sp³-hybridized carbons (Fsp3) is 0.190. The highest BCUT2D eigenvalue weighted by atomic mass is 19.1. The van der Waals surface area contributed by atoms with Crippen LogP contribution in [0.15, 0.2) is 54.6 Å². The van der Waals surface area contributed by atoms with E-state index < -0.39 is 11.6 Å². The van der Waals surface area contributed by atoms with Crippen LogP contribution in [0.3, 0.4) is 0 Å². The zero-order valence-corrected chi connectivity index (χ0v) is 14.5. The average Bonchev–Trinajstić information content (AvgIpc) is 2.64. The normalized spacial score (nSPS) is 10.7. The number of halogens is 2. The lowest BCUT2D eigenvalue weighted by Gasteiger charge is -2.14. The van der Waals surface area contributed by atoms with Crippen LogP contribution in [0.1, 0.15) is 30.1 Å². The zero-order chi connectivity index (χ0) is 18.5. The fourth-order valence-corrected chi connectivity index (χ4v) is 2.82. The minimum absolute atomic E-state index is 0.130. The van der Waals surface area contributed by atoms with Crippen molar-refractivity contribution < 1.29 is 13.6 Å². The second kappa shape index (κ2) is 7.95. The molecule has 0 aliphatic rings. The van der Waals surface area contributed by atoms with Gasteiger partial charge in [0.25, 0.3) is 5.91 Å². The van der Waals surface area contributed by atoms with Gasteiger partial charge in [-0.2, -0.15) is 0 Å².